The summed E-state index contributed by atoms with van der Waals surface area (Å²) in [5.41, 5.74) is 0.576. The molecule has 1 unspecified atom stereocenters. The van der Waals surface area contributed by atoms with Gasteiger partial charge in [-0.3, -0.25) is 0 Å². The van der Waals surface area contributed by atoms with Crippen molar-refractivity contribution in [1.29, 1.82) is 0 Å². The van der Waals surface area contributed by atoms with E-state index in [2.05, 4.69) is 9.97 Å². The average Bonchev–Trinajstić information content (AvgIpc) is 3.07. The zero-order chi connectivity index (χ0) is 19.8. The van der Waals surface area contributed by atoms with Crippen LogP contribution in [0.4, 0.5) is 26.3 Å². The number of alkyl halides is 4. The highest BCUT2D eigenvalue weighted by molar-refractivity contribution is 7.86. The van der Waals surface area contributed by atoms with Gasteiger partial charge in [-0.15, -0.1) is 0 Å². The molecule has 1 N–H and O–H groups in total. The lowest BCUT2D eigenvalue weighted by Crippen LogP contribution is -2.32. The first-order valence-corrected chi connectivity index (χ1v) is 8.55. The van der Waals surface area contributed by atoms with E-state index < -0.39 is 39.3 Å². The van der Waals surface area contributed by atoms with Crippen molar-refractivity contribution in [2.75, 3.05) is 0 Å². The normalized spacial score (nSPS) is 13.1. The van der Waals surface area contributed by atoms with Gasteiger partial charge in [0.05, 0.1) is 11.4 Å². The lowest BCUT2D eigenvalue weighted by atomic mass is 10.1. The molecule has 0 saturated carbocycles. The molecule has 1 heterocycles. The molecule has 0 saturated heterocycles. The summed E-state index contributed by atoms with van der Waals surface area (Å²) in [5.74, 6) is -1.12. The third-order valence-corrected chi connectivity index (χ3v) is 4.83. The minimum Gasteiger partial charge on any atom is -0.330 e. The van der Waals surface area contributed by atoms with E-state index in [-0.39, 0.29) is 22.5 Å². The molecule has 0 spiro atoms. The van der Waals surface area contributed by atoms with Gasteiger partial charge in [0.1, 0.15) is 11.6 Å². The first-order valence-electron chi connectivity index (χ1n) is 7.40. The van der Waals surface area contributed by atoms with Crippen LogP contribution in [0, 0.1) is 11.6 Å². The van der Waals surface area contributed by atoms with E-state index in [1.807, 2.05) is 0 Å². The van der Waals surface area contributed by atoms with Crippen molar-refractivity contribution in [2.45, 2.75) is 16.8 Å². The molecule has 1 atom stereocenters. The maximum Gasteiger partial charge on any atom is 0.387 e. The number of halogens is 6. The summed E-state index contributed by atoms with van der Waals surface area (Å²) in [5, 5.41) is -5.70. The maximum absolute atomic E-state index is 13.5. The molecule has 0 amide bonds. The summed E-state index contributed by atoms with van der Waals surface area (Å²) in [7, 11) is -3.47. The number of H-pyrrole nitrogens is 1. The molecule has 0 aliphatic carbocycles. The smallest absolute Gasteiger partial charge is 0.330 e. The highest BCUT2D eigenvalue weighted by atomic mass is 32.2. The first-order chi connectivity index (χ1) is 12.7. The number of aromatic nitrogens is 2. The Labute approximate surface area is 151 Å². The molecule has 1 aromatic heterocycles. The Morgan fingerprint density at radius 3 is 1.85 bits per heavy atom. The average molecular weight is 404 g/mol. The number of nitrogens with one attached hydrogen (secondary N) is 1. The molecule has 3 nitrogen and oxygen atoms in total. The second-order valence-corrected chi connectivity index (χ2v) is 6.88. The summed E-state index contributed by atoms with van der Waals surface area (Å²) < 4.78 is 90.2. The van der Waals surface area contributed by atoms with Gasteiger partial charge in [0.25, 0.3) is 0 Å². The van der Waals surface area contributed by atoms with Crippen molar-refractivity contribution in [3.8, 4) is 22.5 Å². The summed E-state index contributed by atoms with van der Waals surface area (Å²) in [6, 6.07) is 9.53. The van der Waals surface area contributed by atoms with E-state index >= 15 is 0 Å². The van der Waals surface area contributed by atoms with Gasteiger partial charge < -0.3 is 4.98 Å². The third-order valence-electron chi connectivity index (χ3n) is 3.61. The molecule has 0 aliphatic rings. The Morgan fingerprint density at radius 2 is 1.37 bits per heavy atom. The van der Waals surface area contributed by atoms with E-state index in [4.69, 9.17) is 0 Å². The highest BCUT2D eigenvalue weighted by Crippen LogP contribution is 2.35. The van der Waals surface area contributed by atoms with Crippen LogP contribution in [0.2, 0.25) is 0 Å². The van der Waals surface area contributed by atoms with Gasteiger partial charge in [-0.1, -0.05) is 0 Å². The van der Waals surface area contributed by atoms with Crippen LogP contribution < -0.4 is 0 Å². The Kier molecular flexibility index (Phi) is 5.09. The van der Waals surface area contributed by atoms with Crippen molar-refractivity contribution in [1.82, 2.24) is 9.97 Å². The maximum atomic E-state index is 13.5. The third kappa shape index (κ3) is 3.75. The fraction of sp³-hybridized carbons (Fsp3) is 0.118. The van der Waals surface area contributed by atoms with Crippen LogP contribution in [0.15, 0.2) is 53.7 Å². The zero-order valence-corrected chi connectivity index (χ0v) is 14.0. The Morgan fingerprint density at radius 1 is 0.889 bits per heavy atom. The van der Waals surface area contributed by atoms with Gasteiger partial charge >= 0.3 is 11.7 Å². The van der Waals surface area contributed by atoms with Crippen LogP contribution in [-0.2, 0) is 10.8 Å². The number of aromatic amines is 1. The lowest BCUT2D eigenvalue weighted by molar-refractivity contribution is -0.0604. The van der Waals surface area contributed by atoms with Crippen molar-refractivity contribution >= 4 is 10.8 Å². The number of nitrogens with zero attached hydrogens (tertiary/aromatic N) is 1. The van der Waals surface area contributed by atoms with Gasteiger partial charge in [0, 0.05) is 11.1 Å². The van der Waals surface area contributed by atoms with Gasteiger partial charge in [0.2, 0.25) is 5.16 Å². The topological polar surface area (TPSA) is 45.8 Å². The van der Waals surface area contributed by atoms with Gasteiger partial charge in [-0.25, -0.2) is 26.8 Å². The molecule has 142 valence electrons. The second kappa shape index (κ2) is 7.18. The Hall–Kier alpha value is -2.62. The van der Waals surface area contributed by atoms with E-state index in [1.54, 1.807) is 0 Å². The number of rotatable bonds is 5. The molecule has 3 rings (SSSR count). The molecule has 0 bridgehead atoms. The number of hydrogen-bond acceptors (Lipinski definition) is 2. The van der Waals surface area contributed by atoms with Crippen LogP contribution >= 0.6 is 0 Å². The molecule has 0 fully saturated rings. The predicted molar refractivity (Wildman–Crippen MR) is 86.7 cm³/mol. The molecule has 2 aromatic carbocycles. The summed E-state index contributed by atoms with van der Waals surface area (Å²) in [6.45, 7) is 0. The molecule has 10 heteroatoms. The summed E-state index contributed by atoms with van der Waals surface area (Å²) in [4.78, 5) is 6.12. The van der Waals surface area contributed by atoms with Crippen molar-refractivity contribution in [2.24, 2.45) is 0 Å². The van der Waals surface area contributed by atoms with E-state index in [1.165, 1.54) is 24.3 Å². The van der Waals surface area contributed by atoms with E-state index in [9.17, 15) is 30.6 Å². The van der Waals surface area contributed by atoms with Crippen LogP contribution in [0.5, 0.6) is 0 Å². The summed E-state index contributed by atoms with van der Waals surface area (Å²) >= 11 is 0. The van der Waals surface area contributed by atoms with Crippen LogP contribution in [0.3, 0.4) is 0 Å². The van der Waals surface area contributed by atoms with Gasteiger partial charge in [0.15, 0.2) is 10.8 Å². The number of hydrogen-bond donors (Lipinski definition) is 1. The fourth-order valence-corrected chi connectivity index (χ4v) is 3.08. The minimum absolute atomic E-state index is 0.0185. The second-order valence-electron chi connectivity index (χ2n) is 5.41. The monoisotopic (exact) mass is 404 g/mol. The molecule has 0 radical (unpaired) electrons. The molecule has 0 aliphatic heterocycles. The van der Waals surface area contributed by atoms with Crippen molar-refractivity contribution < 1.29 is 30.6 Å². The fourth-order valence-electron chi connectivity index (χ4n) is 2.29. The lowest BCUT2D eigenvalue weighted by Gasteiger charge is -2.12. The van der Waals surface area contributed by atoms with Crippen molar-refractivity contribution in [3.05, 3.63) is 60.2 Å². The van der Waals surface area contributed by atoms with Gasteiger partial charge in [-0.2, -0.15) is 8.78 Å². The molecular weight excluding hydrogens is 394 g/mol. The zero-order valence-electron chi connectivity index (χ0n) is 13.2. The SMILES string of the molecule is O=S(c1nc(-c2ccc(F)cc2)c(-c2ccc(F)cc2)[nH]1)C(F)(F)C(F)F. The highest BCUT2D eigenvalue weighted by Gasteiger charge is 2.49. The quantitative estimate of drug-likeness (QED) is 0.609. The first kappa shape index (κ1) is 19.2. The Balaban J connectivity index is 2.16. The molecular formula is C17H10F6N2OS. The Bertz CT molecular complexity index is 907. The van der Waals surface area contributed by atoms with Crippen molar-refractivity contribution in [3.63, 3.8) is 0 Å². The van der Waals surface area contributed by atoms with E-state index in [0.29, 0.717) is 0 Å². The van der Waals surface area contributed by atoms with Crippen LogP contribution in [-0.4, -0.2) is 25.9 Å². The molecule has 3 aromatic rings. The predicted octanol–water partition coefficient (Wildman–Crippen LogP) is 4.99. The van der Waals surface area contributed by atoms with Gasteiger partial charge in [-0.05, 0) is 48.5 Å². The standard InChI is InChI=1S/C17H10F6N2OS/c18-11-5-1-9(2-6-11)13-14(10-3-7-12(19)8-4-10)25-16(24-13)27(26)17(22,23)15(20)21/h1-8,15H,(H,24,25). The minimum atomic E-state index is -4.82. The van der Waals surface area contributed by atoms with Crippen LogP contribution in [0.25, 0.3) is 22.5 Å². The van der Waals surface area contributed by atoms with Crippen LogP contribution in [0.1, 0.15) is 0 Å². The largest absolute Gasteiger partial charge is 0.387 e. The molecule has 27 heavy (non-hydrogen) atoms. The van der Waals surface area contributed by atoms with E-state index in [0.717, 1.165) is 24.3 Å². The number of benzene rings is 2. The summed E-state index contributed by atoms with van der Waals surface area (Å²) in [6.07, 6.45) is -4.16. The number of imidazole rings is 1.